The van der Waals surface area contributed by atoms with Gasteiger partial charge in [-0.05, 0) is 18.2 Å². The molecule has 0 aliphatic rings. The first-order valence-electron chi connectivity index (χ1n) is 7.62. The highest BCUT2D eigenvalue weighted by atomic mass is 19.1. The number of halogens is 1. The van der Waals surface area contributed by atoms with Crippen molar-refractivity contribution < 1.29 is 13.7 Å². The lowest BCUT2D eigenvalue weighted by Crippen LogP contribution is -2.19. The van der Waals surface area contributed by atoms with Crippen LogP contribution in [0.1, 0.15) is 0 Å². The SMILES string of the molecule is O=C(Cn1ncc2ccccc21)Nc1cc(-c2cccc(F)c2)no1. The van der Waals surface area contributed by atoms with E-state index >= 15 is 0 Å². The Morgan fingerprint density at radius 1 is 1.16 bits per heavy atom. The maximum Gasteiger partial charge on any atom is 0.248 e. The van der Waals surface area contributed by atoms with Crippen molar-refractivity contribution in [2.24, 2.45) is 0 Å². The minimum absolute atomic E-state index is 0.0452. The Morgan fingerprint density at radius 2 is 2.04 bits per heavy atom. The molecule has 0 saturated heterocycles. The quantitative estimate of drug-likeness (QED) is 0.619. The average Bonchev–Trinajstić information content (AvgIpc) is 3.23. The Morgan fingerprint density at radius 3 is 2.92 bits per heavy atom. The summed E-state index contributed by atoms with van der Waals surface area (Å²) in [4.78, 5) is 12.2. The number of anilines is 1. The molecular formula is C18H13FN4O2. The van der Waals surface area contributed by atoms with E-state index in [9.17, 15) is 9.18 Å². The molecule has 2 heterocycles. The second-order valence-corrected chi connectivity index (χ2v) is 5.50. The van der Waals surface area contributed by atoms with Crippen LogP contribution in [0.2, 0.25) is 0 Å². The van der Waals surface area contributed by atoms with E-state index in [1.54, 1.807) is 29.1 Å². The molecule has 0 fully saturated rings. The van der Waals surface area contributed by atoms with Gasteiger partial charge in [0.1, 0.15) is 18.1 Å². The first kappa shape index (κ1) is 15.1. The van der Waals surface area contributed by atoms with Crippen molar-refractivity contribution in [3.8, 4) is 11.3 Å². The van der Waals surface area contributed by atoms with Crippen LogP contribution in [0.4, 0.5) is 10.3 Å². The number of benzene rings is 2. The lowest BCUT2D eigenvalue weighted by molar-refractivity contribution is -0.117. The van der Waals surface area contributed by atoms with Crippen LogP contribution in [-0.4, -0.2) is 20.8 Å². The fraction of sp³-hybridized carbons (Fsp3) is 0.0556. The van der Waals surface area contributed by atoms with Gasteiger partial charge in [0.2, 0.25) is 11.8 Å². The van der Waals surface area contributed by atoms with Crippen LogP contribution in [0.5, 0.6) is 0 Å². The first-order valence-corrected chi connectivity index (χ1v) is 7.62. The van der Waals surface area contributed by atoms with Crippen LogP contribution >= 0.6 is 0 Å². The van der Waals surface area contributed by atoms with Crippen molar-refractivity contribution in [2.45, 2.75) is 6.54 Å². The molecule has 0 atom stereocenters. The van der Waals surface area contributed by atoms with E-state index in [1.165, 1.54) is 12.1 Å². The van der Waals surface area contributed by atoms with Gasteiger partial charge in [0.25, 0.3) is 0 Å². The lowest BCUT2D eigenvalue weighted by Gasteiger charge is -2.03. The number of para-hydroxylation sites is 1. The highest BCUT2D eigenvalue weighted by Crippen LogP contribution is 2.22. The van der Waals surface area contributed by atoms with Gasteiger partial charge >= 0.3 is 0 Å². The van der Waals surface area contributed by atoms with Crippen LogP contribution in [0.3, 0.4) is 0 Å². The highest BCUT2D eigenvalue weighted by Gasteiger charge is 2.12. The molecule has 0 aliphatic carbocycles. The van der Waals surface area contributed by atoms with Crippen LogP contribution in [0.15, 0.2) is 65.3 Å². The fourth-order valence-electron chi connectivity index (χ4n) is 2.58. The van der Waals surface area contributed by atoms with E-state index < -0.39 is 0 Å². The molecule has 4 rings (SSSR count). The number of fused-ring (bicyclic) bond motifs is 1. The predicted molar refractivity (Wildman–Crippen MR) is 90.3 cm³/mol. The summed E-state index contributed by atoms with van der Waals surface area (Å²) in [5.41, 5.74) is 1.89. The first-order chi connectivity index (χ1) is 12.2. The molecular weight excluding hydrogens is 323 g/mol. The van der Waals surface area contributed by atoms with Gasteiger partial charge in [-0.3, -0.25) is 14.8 Å². The van der Waals surface area contributed by atoms with Gasteiger partial charge in [0.15, 0.2) is 0 Å². The monoisotopic (exact) mass is 336 g/mol. The molecule has 0 saturated carbocycles. The Labute approximate surface area is 141 Å². The van der Waals surface area contributed by atoms with Crippen molar-refractivity contribution in [1.82, 2.24) is 14.9 Å². The zero-order valence-electron chi connectivity index (χ0n) is 13.0. The summed E-state index contributed by atoms with van der Waals surface area (Å²) in [6.45, 7) is 0.0452. The molecule has 6 nitrogen and oxygen atoms in total. The number of hydrogen-bond donors (Lipinski definition) is 1. The number of amides is 1. The summed E-state index contributed by atoms with van der Waals surface area (Å²) in [6, 6.07) is 15.2. The van der Waals surface area contributed by atoms with Gasteiger partial charge in [-0.15, -0.1) is 0 Å². The molecule has 0 spiro atoms. The molecule has 1 amide bonds. The van der Waals surface area contributed by atoms with Crippen LogP contribution in [0.25, 0.3) is 22.2 Å². The fourth-order valence-corrected chi connectivity index (χ4v) is 2.58. The molecule has 1 N–H and O–H groups in total. The summed E-state index contributed by atoms with van der Waals surface area (Å²) >= 11 is 0. The third kappa shape index (κ3) is 3.12. The lowest BCUT2D eigenvalue weighted by atomic mass is 10.1. The largest absolute Gasteiger partial charge is 0.338 e. The summed E-state index contributed by atoms with van der Waals surface area (Å²) in [5.74, 6) is -0.465. The standard InChI is InChI=1S/C18H13FN4O2/c19-14-6-3-5-12(8-14)15-9-18(25-22-15)21-17(24)11-23-16-7-2-1-4-13(16)10-20-23/h1-10H,11H2,(H,21,24). The van der Waals surface area contributed by atoms with E-state index in [0.717, 1.165) is 10.9 Å². The maximum absolute atomic E-state index is 13.3. The van der Waals surface area contributed by atoms with Gasteiger partial charge in [-0.25, -0.2) is 4.39 Å². The molecule has 2 aromatic heterocycles. The predicted octanol–water partition coefficient (Wildman–Crippen LogP) is 3.47. The normalized spacial score (nSPS) is 10.9. The average molecular weight is 336 g/mol. The van der Waals surface area contributed by atoms with E-state index in [1.807, 2.05) is 24.3 Å². The molecule has 2 aromatic carbocycles. The molecule has 0 radical (unpaired) electrons. The number of carbonyl (C=O) groups is 1. The summed E-state index contributed by atoms with van der Waals surface area (Å²) in [7, 11) is 0. The molecule has 4 aromatic rings. The smallest absolute Gasteiger partial charge is 0.248 e. The van der Waals surface area contributed by atoms with Gasteiger partial charge < -0.3 is 4.52 Å². The Balaban J connectivity index is 1.48. The second-order valence-electron chi connectivity index (χ2n) is 5.50. The maximum atomic E-state index is 13.3. The van der Waals surface area contributed by atoms with Crippen LogP contribution in [0, 0.1) is 5.82 Å². The molecule has 25 heavy (non-hydrogen) atoms. The van der Waals surface area contributed by atoms with E-state index in [0.29, 0.717) is 11.3 Å². The van der Waals surface area contributed by atoms with Gasteiger partial charge in [-0.2, -0.15) is 5.10 Å². The minimum Gasteiger partial charge on any atom is -0.338 e. The van der Waals surface area contributed by atoms with Crippen molar-refractivity contribution in [2.75, 3.05) is 5.32 Å². The van der Waals surface area contributed by atoms with Crippen molar-refractivity contribution >= 4 is 22.7 Å². The van der Waals surface area contributed by atoms with Crippen molar-refractivity contribution in [1.29, 1.82) is 0 Å². The molecule has 0 bridgehead atoms. The third-order valence-corrected chi connectivity index (χ3v) is 3.74. The Bertz CT molecular complexity index is 1050. The summed E-state index contributed by atoms with van der Waals surface area (Å²) in [6.07, 6.45) is 1.71. The number of rotatable bonds is 4. The zero-order valence-corrected chi connectivity index (χ0v) is 13.0. The van der Waals surface area contributed by atoms with Crippen LogP contribution < -0.4 is 5.32 Å². The van der Waals surface area contributed by atoms with E-state index in [4.69, 9.17) is 4.52 Å². The molecule has 0 aliphatic heterocycles. The van der Waals surface area contributed by atoms with E-state index in [-0.39, 0.29) is 24.2 Å². The third-order valence-electron chi connectivity index (χ3n) is 3.74. The summed E-state index contributed by atoms with van der Waals surface area (Å²) in [5, 5.41) is 11.6. The minimum atomic E-state index is -0.364. The topological polar surface area (TPSA) is 73.0 Å². The number of carbonyl (C=O) groups excluding carboxylic acids is 1. The Hall–Kier alpha value is -3.48. The van der Waals surface area contributed by atoms with Crippen molar-refractivity contribution in [3.05, 3.63) is 66.6 Å². The molecule has 7 heteroatoms. The van der Waals surface area contributed by atoms with Crippen molar-refractivity contribution in [3.63, 3.8) is 0 Å². The molecule has 124 valence electrons. The molecule has 0 unspecified atom stereocenters. The van der Waals surface area contributed by atoms with Gasteiger partial charge in [-0.1, -0.05) is 35.5 Å². The number of aromatic nitrogens is 3. The van der Waals surface area contributed by atoms with Gasteiger partial charge in [0, 0.05) is 17.0 Å². The van der Waals surface area contributed by atoms with Gasteiger partial charge in [0.05, 0.1) is 11.7 Å². The summed E-state index contributed by atoms with van der Waals surface area (Å²) < 4.78 is 20.0. The number of nitrogens with zero attached hydrogens (tertiary/aromatic N) is 3. The van der Waals surface area contributed by atoms with E-state index in [2.05, 4.69) is 15.6 Å². The highest BCUT2D eigenvalue weighted by molar-refractivity contribution is 5.91. The Kier molecular flexibility index (Phi) is 3.74. The number of nitrogens with one attached hydrogen (secondary N) is 1. The second kappa shape index (κ2) is 6.20. The zero-order chi connectivity index (χ0) is 17.2. The van der Waals surface area contributed by atoms with Crippen LogP contribution in [-0.2, 0) is 11.3 Å². The number of hydrogen-bond acceptors (Lipinski definition) is 4.